The highest BCUT2D eigenvalue weighted by Crippen LogP contribution is 2.33. The quantitative estimate of drug-likeness (QED) is 0.779. The molecule has 1 aromatic heterocycles. The van der Waals surface area contributed by atoms with Gasteiger partial charge in [0.2, 0.25) is 0 Å². The van der Waals surface area contributed by atoms with E-state index < -0.39 is 5.97 Å². The summed E-state index contributed by atoms with van der Waals surface area (Å²) < 4.78 is 3.63. The zero-order valence-corrected chi connectivity index (χ0v) is 17.5. The number of rotatable bonds is 5. The maximum Gasteiger partial charge on any atom is 0.332 e. The first-order chi connectivity index (χ1) is 13.6. The van der Waals surface area contributed by atoms with Gasteiger partial charge in [0.25, 0.3) is 0 Å². The molecule has 0 spiro atoms. The predicted molar refractivity (Wildman–Crippen MR) is 115 cm³/mol. The summed E-state index contributed by atoms with van der Waals surface area (Å²) in [6, 6.07) is 6.60. The lowest BCUT2D eigenvalue weighted by Gasteiger charge is -2.28. The number of fused-ring (bicyclic) bond motifs is 1. The second-order valence-corrected chi connectivity index (χ2v) is 8.17. The minimum atomic E-state index is -0.716. The van der Waals surface area contributed by atoms with Crippen LogP contribution in [0.5, 0.6) is 0 Å². The first-order valence-corrected chi connectivity index (χ1v) is 10.5. The summed E-state index contributed by atoms with van der Waals surface area (Å²) in [6.07, 6.45) is 10.7. The fourth-order valence-corrected chi connectivity index (χ4v) is 4.71. The van der Waals surface area contributed by atoms with Gasteiger partial charge in [-0.25, -0.2) is 4.79 Å². The van der Waals surface area contributed by atoms with E-state index in [1.807, 2.05) is 17.0 Å². The van der Waals surface area contributed by atoms with Crippen LogP contribution in [0.4, 0.5) is 0 Å². The maximum absolute atomic E-state index is 13.0. The molecule has 0 saturated heterocycles. The standard InChI is InChI=1S/C22H29N3O3.ClH/c26-21(27)8-3-16-1-5-19(6-2-16)24-13-14-25(22(24)28)20-7-4-17-9-11-23-12-10-18(17)15-20;/h4,7,13-16,19,23H,1-3,5-6,8-12H2,(H,26,27);1H. The minimum absolute atomic E-state index is 0. The summed E-state index contributed by atoms with van der Waals surface area (Å²) in [4.78, 5) is 23.8. The zero-order chi connectivity index (χ0) is 19.5. The molecule has 29 heavy (non-hydrogen) atoms. The van der Waals surface area contributed by atoms with Crippen LogP contribution in [-0.2, 0) is 17.6 Å². The average molecular weight is 420 g/mol. The van der Waals surface area contributed by atoms with Gasteiger partial charge in [-0.15, -0.1) is 12.4 Å². The molecule has 0 amide bonds. The lowest BCUT2D eigenvalue weighted by Crippen LogP contribution is -2.29. The van der Waals surface area contributed by atoms with Crippen LogP contribution in [0, 0.1) is 5.92 Å². The van der Waals surface area contributed by atoms with Crippen molar-refractivity contribution >= 4 is 18.4 Å². The van der Waals surface area contributed by atoms with Crippen molar-refractivity contribution in [2.24, 2.45) is 5.92 Å². The number of carbonyl (C=O) groups is 1. The van der Waals surface area contributed by atoms with E-state index in [0.29, 0.717) is 5.92 Å². The molecule has 2 aliphatic rings. The number of imidazole rings is 1. The van der Waals surface area contributed by atoms with E-state index in [9.17, 15) is 9.59 Å². The molecule has 0 unspecified atom stereocenters. The van der Waals surface area contributed by atoms with Crippen LogP contribution in [0.1, 0.15) is 55.7 Å². The fourth-order valence-electron chi connectivity index (χ4n) is 4.71. The Morgan fingerprint density at radius 1 is 1.07 bits per heavy atom. The number of halogens is 1. The molecule has 2 N–H and O–H groups in total. The summed E-state index contributed by atoms with van der Waals surface area (Å²) in [5.74, 6) is -0.240. The Morgan fingerprint density at radius 3 is 2.52 bits per heavy atom. The summed E-state index contributed by atoms with van der Waals surface area (Å²) in [5.41, 5.74) is 3.68. The highest BCUT2D eigenvalue weighted by molar-refractivity contribution is 5.85. The summed E-state index contributed by atoms with van der Waals surface area (Å²) >= 11 is 0. The Hall–Kier alpha value is -2.05. The molecule has 1 saturated carbocycles. The second-order valence-electron chi connectivity index (χ2n) is 8.17. The Morgan fingerprint density at radius 2 is 1.79 bits per heavy atom. The molecule has 0 bridgehead atoms. The van der Waals surface area contributed by atoms with E-state index in [4.69, 9.17) is 5.11 Å². The van der Waals surface area contributed by atoms with Gasteiger partial charge in [0.1, 0.15) is 0 Å². The van der Waals surface area contributed by atoms with Crippen LogP contribution in [-0.4, -0.2) is 33.3 Å². The van der Waals surface area contributed by atoms with Crippen LogP contribution >= 0.6 is 12.4 Å². The first kappa shape index (κ1) is 21.7. The molecule has 1 aliphatic carbocycles. The van der Waals surface area contributed by atoms with E-state index in [1.165, 1.54) is 11.1 Å². The predicted octanol–water partition coefficient (Wildman–Crippen LogP) is 3.35. The third-order valence-electron chi connectivity index (χ3n) is 6.39. The molecular weight excluding hydrogens is 390 g/mol. The molecule has 6 nitrogen and oxygen atoms in total. The Kier molecular flexibility index (Phi) is 7.19. The van der Waals surface area contributed by atoms with E-state index in [0.717, 1.165) is 63.7 Å². The van der Waals surface area contributed by atoms with E-state index >= 15 is 0 Å². The SMILES string of the molecule is Cl.O=C(O)CCC1CCC(n2ccn(-c3ccc4c(c3)CCNCC4)c2=O)CC1. The number of aromatic nitrogens is 2. The highest BCUT2D eigenvalue weighted by Gasteiger charge is 2.24. The number of hydrogen-bond acceptors (Lipinski definition) is 3. The van der Waals surface area contributed by atoms with Crippen LogP contribution in [0.25, 0.3) is 5.69 Å². The van der Waals surface area contributed by atoms with Crippen molar-refractivity contribution in [2.45, 2.75) is 57.4 Å². The van der Waals surface area contributed by atoms with Crippen molar-refractivity contribution in [2.75, 3.05) is 13.1 Å². The Balaban J connectivity index is 0.00000240. The van der Waals surface area contributed by atoms with Crippen molar-refractivity contribution < 1.29 is 9.90 Å². The second kappa shape index (κ2) is 9.63. The van der Waals surface area contributed by atoms with E-state index in [2.05, 4.69) is 23.5 Å². The van der Waals surface area contributed by atoms with Crippen molar-refractivity contribution in [3.8, 4) is 5.69 Å². The van der Waals surface area contributed by atoms with Crippen molar-refractivity contribution in [3.63, 3.8) is 0 Å². The molecule has 0 atom stereocenters. The largest absolute Gasteiger partial charge is 0.481 e. The Labute approximate surface area is 177 Å². The molecule has 1 aliphatic heterocycles. The molecular formula is C22H30ClN3O3. The Bertz CT molecular complexity index is 897. The normalized spacial score (nSPS) is 21.7. The number of nitrogens with one attached hydrogen (secondary N) is 1. The van der Waals surface area contributed by atoms with Gasteiger partial charge >= 0.3 is 11.7 Å². The number of nitrogens with zero attached hydrogens (tertiary/aromatic N) is 2. The van der Waals surface area contributed by atoms with Crippen LogP contribution < -0.4 is 11.0 Å². The third kappa shape index (κ3) is 4.93. The summed E-state index contributed by atoms with van der Waals surface area (Å²) in [7, 11) is 0. The topological polar surface area (TPSA) is 76.3 Å². The third-order valence-corrected chi connectivity index (χ3v) is 6.39. The van der Waals surface area contributed by atoms with Gasteiger partial charge in [-0.3, -0.25) is 13.9 Å². The van der Waals surface area contributed by atoms with Gasteiger partial charge in [-0.1, -0.05) is 6.07 Å². The highest BCUT2D eigenvalue weighted by atomic mass is 35.5. The molecule has 2 heterocycles. The van der Waals surface area contributed by atoms with Crippen LogP contribution in [0.15, 0.2) is 35.4 Å². The number of benzene rings is 1. The van der Waals surface area contributed by atoms with Crippen molar-refractivity contribution in [1.29, 1.82) is 0 Å². The van der Waals surface area contributed by atoms with E-state index in [1.54, 1.807) is 4.57 Å². The van der Waals surface area contributed by atoms with Crippen LogP contribution in [0.2, 0.25) is 0 Å². The molecule has 2 aromatic rings. The lowest BCUT2D eigenvalue weighted by molar-refractivity contribution is -0.137. The van der Waals surface area contributed by atoms with E-state index in [-0.39, 0.29) is 30.6 Å². The molecule has 7 heteroatoms. The van der Waals surface area contributed by atoms with Crippen molar-refractivity contribution in [1.82, 2.24) is 14.5 Å². The average Bonchev–Trinajstić information content (AvgIpc) is 2.93. The fraction of sp³-hybridized carbons (Fsp3) is 0.545. The first-order valence-electron chi connectivity index (χ1n) is 10.5. The number of hydrogen-bond donors (Lipinski definition) is 2. The van der Waals surface area contributed by atoms with Gasteiger partial charge in [-0.2, -0.15) is 0 Å². The molecule has 1 fully saturated rings. The summed E-state index contributed by atoms with van der Waals surface area (Å²) in [5, 5.41) is 12.3. The van der Waals surface area contributed by atoms with Gasteiger partial charge < -0.3 is 10.4 Å². The maximum atomic E-state index is 13.0. The summed E-state index contributed by atoms with van der Waals surface area (Å²) in [6.45, 7) is 2.00. The lowest BCUT2D eigenvalue weighted by atomic mass is 9.83. The smallest absolute Gasteiger partial charge is 0.332 e. The molecule has 1 aromatic carbocycles. The number of carboxylic acid groups (broad SMARTS) is 1. The van der Waals surface area contributed by atoms with Gasteiger partial charge in [0, 0.05) is 24.9 Å². The molecule has 0 radical (unpaired) electrons. The number of carboxylic acids is 1. The minimum Gasteiger partial charge on any atom is -0.481 e. The number of aliphatic carboxylic acids is 1. The monoisotopic (exact) mass is 419 g/mol. The van der Waals surface area contributed by atoms with Gasteiger partial charge in [0.15, 0.2) is 0 Å². The zero-order valence-electron chi connectivity index (χ0n) is 16.7. The van der Waals surface area contributed by atoms with Crippen molar-refractivity contribution in [3.05, 3.63) is 52.2 Å². The molecule has 158 valence electrons. The molecule has 4 rings (SSSR count). The van der Waals surface area contributed by atoms with Gasteiger partial charge in [-0.05, 0) is 87.2 Å². The van der Waals surface area contributed by atoms with Crippen LogP contribution in [0.3, 0.4) is 0 Å². The van der Waals surface area contributed by atoms with Gasteiger partial charge in [0.05, 0.1) is 5.69 Å².